The van der Waals surface area contributed by atoms with Crippen LogP contribution in [0.5, 0.6) is 0 Å². The standard InChI is InChI=1S/C22H24F5N5/c23-16-3-4-18(17(24)12-16)31-9-7-30(8-10-31)13-15-5-6-32(19(28)11-14-1-2-14)21(29)20(15)22(25,26)27/h3-6,12,14,28-29H,1-2,7-11,13H2. The van der Waals surface area contributed by atoms with E-state index >= 15 is 0 Å². The molecule has 32 heavy (non-hydrogen) atoms. The van der Waals surface area contributed by atoms with Crippen molar-refractivity contribution in [2.24, 2.45) is 5.92 Å². The Hall–Kier alpha value is -2.75. The molecule has 0 radical (unpaired) electrons. The van der Waals surface area contributed by atoms with Crippen molar-refractivity contribution in [2.45, 2.75) is 32.0 Å². The molecule has 1 aliphatic heterocycles. The van der Waals surface area contributed by atoms with E-state index in [1.54, 1.807) is 4.90 Å². The van der Waals surface area contributed by atoms with Gasteiger partial charge in [-0.2, -0.15) is 13.2 Å². The van der Waals surface area contributed by atoms with Crippen LogP contribution in [-0.2, 0) is 12.7 Å². The zero-order valence-electron chi connectivity index (χ0n) is 17.4. The molecular weight excluding hydrogens is 429 g/mol. The van der Waals surface area contributed by atoms with Gasteiger partial charge in [-0.05, 0) is 42.5 Å². The molecular formula is C22H24F5N5. The molecule has 4 rings (SSSR count). The average molecular weight is 453 g/mol. The molecule has 172 valence electrons. The summed E-state index contributed by atoms with van der Waals surface area (Å²) in [6, 6.07) is 4.69. The van der Waals surface area contributed by atoms with Gasteiger partial charge in [-0.25, -0.2) is 8.78 Å². The number of nitrogens with one attached hydrogen (secondary N) is 2. The Labute approximate surface area is 182 Å². The first-order valence-electron chi connectivity index (χ1n) is 10.5. The monoisotopic (exact) mass is 453 g/mol. The molecule has 2 fully saturated rings. The number of rotatable bonds is 5. The Balaban J connectivity index is 1.50. The highest BCUT2D eigenvalue weighted by atomic mass is 19.4. The molecule has 10 heteroatoms. The lowest BCUT2D eigenvalue weighted by Crippen LogP contribution is -2.46. The maximum Gasteiger partial charge on any atom is 0.420 e. The van der Waals surface area contributed by atoms with Gasteiger partial charge in [-0.1, -0.05) is 0 Å². The van der Waals surface area contributed by atoms with Gasteiger partial charge in [-0.15, -0.1) is 0 Å². The SMILES string of the molecule is N=C(CC1CC1)n1ccc(CN2CCN(c3ccc(F)cc3F)CC2)c(C(F)(F)F)c1=N. The molecule has 0 unspecified atom stereocenters. The predicted octanol–water partition coefficient (Wildman–Crippen LogP) is 4.21. The highest BCUT2D eigenvalue weighted by molar-refractivity contribution is 5.81. The maximum absolute atomic E-state index is 14.0. The molecule has 2 aliphatic rings. The van der Waals surface area contributed by atoms with Gasteiger partial charge >= 0.3 is 6.18 Å². The number of anilines is 1. The van der Waals surface area contributed by atoms with E-state index in [1.165, 1.54) is 24.4 Å². The van der Waals surface area contributed by atoms with Crippen LogP contribution in [0.1, 0.15) is 30.4 Å². The van der Waals surface area contributed by atoms with E-state index in [0.29, 0.717) is 38.5 Å². The number of alkyl halides is 3. The summed E-state index contributed by atoms with van der Waals surface area (Å²) in [4.78, 5) is 3.56. The lowest BCUT2D eigenvalue weighted by molar-refractivity contribution is -0.140. The van der Waals surface area contributed by atoms with E-state index in [9.17, 15) is 22.0 Å². The first-order chi connectivity index (χ1) is 15.1. The van der Waals surface area contributed by atoms with Crippen molar-refractivity contribution in [1.29, 1.82) is 10.8 Å². The van der Waals surface area contributed by atoms with Crippen LogP contribution in [0.4, 0.5) is 27.6 Å². The number of benzene rings is 1. The second-order valence-electron chi connectivity index (χ2n) is 8.39. The largest absolute Gasteiger partial charge is 0.420 e. The van der Waals surface area contributed by atoms with Crippen LogP contribution >= 0.6 is 0 Å². The Kier molecular flexibility index (Phi) is 6.07. The lowest BCUT2D eigenvalue weighted by atomic mass is 10.1. The highest BCUT2D eigenvalue weighted by Gasteiger charge is 2.37. The van der Waals surface area contributed by atoms with Gasteiger partial charge in [0.25, 0.3) is 0 Å². The molecule has 5 nitrogen and oxygen atoms in total. The Morgan fingerprint density at radius 3 is 2.31 bits per heavy atom. The predicted molar refractivity (Wildman–Crippen MR) is 110 cm³/mol. The van der Waals surface area contributed by atoms with Crippen molar-refractivity contribution in [3.8, 4) is 0 Å². The van der Waals surface area contributed by atoms with E-state index in [4.69, 9.17) is 10.8 Å². The third kappa shape index (κ3) is 4.85. The number of hydrogen-bond donors (Lipinski definition) is 2. The summed E-state index contributed by atoms with van der Waals surface area (Å²) in [5, 5.41) is 16.2. The molecule has 2 aromatic rings. The molecule has 1 aliphatic carbocycles. The van der Waals surface area contributed by atoms with Crippen LogP contribution in [0.2, 0.25) is 0 Å². The summed E-state index contributed by atoms with van der Waals surface area (Å²) >= 11 is 0. The summed E-state index contributed by atoms with van der Waals surface area (Å²) in [7, 11) is 0. The average Bonchev–Trinajstić information content (AvgIpc) is 3.52. The quantitative estimate of drug-likeness (QED) is 0.405. The van der Waals surface area contributed by atoms with Crippen molar-refractivity contribution in [3.05, 3.63) is 58.7 Å². The molecule has 1 saturated carbocycles. The van der Waals surface area contributed by atoms with Crippen LogP contribution in [0.3, 0.4) is 0 Å². The van der Waals surface area contributed by atoms with Crippen molar-refractivity contribution >= 4 is 11.5 Å². The van der Waals surface area contributed by atoms with Gasteiger partial charge < -0.3 is 4.90 Å². The molecule has 0 atom stereocenters. The fraction of sp³-hybridized carbons (Fsp3) is 0.455. The third-order valence-corrected chi connectivity index (χ3v) is 5.99. The van der Waals surface area contributed by atoms with Crippen LogP contribution < -0.4 is 10.4 Å². The second-order valence-corrected chi connectivity index (χ2v) is 8.39. The second kappa shape index (κ2) is 8.65. The molecule has 1 saturated heterocycles. The number of nitrogens with zero attached hydrogens (tertiary/aromatic N) is 3. The van der Waals surface area contributed by atoms with E-state index in [1.807, 2.05) is 4.90 Å². The van der Waals surface area contributed by atoms with Crippen LogP contribution in [0.15, 0.2) is 30.5 Å². The summed E-state index contributed by atoms with van der Waals surface area (Å²) in [5.74, 6) is -1.00. The maximum atomic E-state index is 14.0. The molecule has 2 heterocycles. The Morgan fingerprint density at radius 2 is 1.72 bits per heavy atom. The normalized spacial score (nSPS) is 17.6. The Morgan fingerprint density at radius 1 is 1.03 bits per heavy atom. The van der Waals surface area contributed by atoms with Crippen molar-refractivity contribution in [3.63, 3.8) is 0 Å². The number of aromatic nitrogens is 1. The first-order valence-corrected chi connectivity index (χ1v) is 10.5. The van der Waals surface area contributed by atoms with Crippen molar-refractivity contribution < 1.29 is 22.0 Å². The summed E-state index contributed by atoms with van der Waals surface area (Å²) < 4.78 is 69.7. The zero-order valence-corrected chi connectivity index (χ0v) is 17.4. The number of halogens is 5. The van der Waals surface area contributed by atoms with Crippen LogP contribution in [-0.4, -0.2) is 41.5 Å². The minimum absolute atomic E-state index is 0.00272. The van der Waals surface area contributed by atoms with Gasteiger partial charge in [0.05, 0.1) is 5.69 Å². The molecule has 0 spiro atoms. The summed E-state index contributed by atoms with van der Waals surface area (Å²) in [6.07, 6.45) is -1.03. The number of piperazine rings is 1. The van der Waals surface area contributed by atoms with Crippen molar-refractivity contribution in [1.82, 2.24) is 9.47 Å². The fourth-order valence-electron chi connectivity index (χ4n) is 4.09. The van der Waals surface area contributed by atoms with Gasteiger partial charge in [0.1, 0.15) is 28.5 Å². The fourth-order valence-corrected chi connectivity index (χ4v) is 4.09. The summed E-state index contributed by atoms with van der Waals surface area (Å²) in [5.41, 5.74) is -1.48. The molecule has 0 amide bonds. The minimum Gasteiger partial charge on any atom is -0.367 e. The van der Waals surface area contributed by atoms with E-state index < -0.39 is 28.9 Å². The molecule has 1 aromatic carbocycles. The number of pyridine rings is 1. The van der Waals surface area contributed by atoms with Crippen LogP contribution in [0.25, 0.3) is 0 Å². The van der Waals surface area contributed by atoms with Crippen LogP contribution in [0, 0.1) is 28.4 Å². The van der Waals surface area contributed by atoms with Gasteiger partial charge in [0.15, 0.2) is 0 Å². The zero-order chi connectivity index (χ0) is 23.0. The third-order valence-electron chi connectivity index (χ3n) is 5.99. The van der Waals surface area contributed by atoms with E-state index in [2.05, 4.69) is 0 Å². The van der Waals surface area contributed by atoms with E-state index in [0.717, 1.165) is 23.5 Å². The first kappa shape index (κ1) is 22.4. The minimum atomic E-state index is -4.71. The topological polar surface area (TPSA) is 59.1 Å². The summed E-state index contributed by atoms with van der Waals surface area (Å²) in [6.45, 7) is 1.56. The van der Waals surface area contributed by atoms with Gasteiger partial charge in [0.2, 0.25) is 0 Å². The van der Waals surface area contributed by atoms with Gasteiger partial charge in [0, 0.05) is 51.4 Å². The molecule has 1 aromatic heterocycles. The van der Waals surface area contributed by atoms with E-state index in [-0.39, 0.29) is 23.6 Å². The van der Waals surface area contributed by atoms with Crippen molar-refractivity contribution in [2.75, 3.05) is 31.1 Å². The lowest BCUT2D eigenvalue weighted by Gasteiger charge is -2.36. The smallest absolute Gasteiger partial charge is 0.367 e. The Bertz CT molecular complexity index is 1070. The highest BCUT2D eigenvalue weighted by Crippen LogP contribution is 2.33. The number of hydrogen-bond acceptors (Lipinski definition) is 4. The molecule has 0 bridgehead atoms. The molecule has 2 N–H and O–H groups in total. The van der Waals surface area contributed by atoms with Gasteiger partial charge in [-0.3, -0.25) is 20.3 Å².